The standard InChI is InChI=1S/C12H14N4O2S/c1-7(10(13)17)19-12-14-11(15-16-12)8-3-5-9(18-2)6-4-8/h3-7H,1-2H3,(H2,13,17)(H,14,15,16). The lowest BCUT2D eigenvalue weighted by atomic mass is 10.2. The zero-order valence-electron chi connectivity index (χ0n) is 10.6. The van der Waals surface area contributed by atoms with Gasteiger partial charge in [-0.05, 0) is 31.2 Å². The van der Waals surface area contributed by atoms with Gasteiger partial charge in [-0.2, -0.15) is 0 Å². The Bertz CT molecular complexity index is 567. The van der Waals surface area contributed by atoms with Crippen molar-refractivity contribution in [2.24, 2.45) is 5.73 Å². The zero-order valence-corrected chi connectivity index (χ0v) is 11.4. The third-order valence-electron chi connectivity index (χ3n) is 2.51. The van der Waals surface area contributed by atoms with E-state index in [2.05, 4.69) is 15.2 Å². The van der Waals surface area contributed by atoms with Crippen molar-refractivity contribution < 1.29 is 9.53 Å². The number of carbonyl (C=O) groups is 1. The molecular weight excluding hydrogens is 264 g/mol. The summed E-state index contributed by atoms with van der Waals surface area (Å²) in [7, 11) is 1.61. The minimum Gasteiger partial charge on any atom is -0.497 e. The number of methoxy groups -OCH3 is 1. The molecule has 1 atom stereocenters. The van der Waals surface area contributed by atoms with Crippen LogP contribution in [0.4, 0.5) is 0 Å². The Morgan fingerprint density at radius 3 is 2.68 bits per heavy atom. The van der Waals surface area contributed by atoms with Crippen LogP contribution >= 0.6 is 11.8 Å². The molecule has 2 aromatic rings. The Morgan fingerprint density at radius 2 is 2.11 bits per heavy atom. The first-order valence-corrected chi connectivity index (χ1v) is 6.51. The average Bonchev–Trinajstić information content (AvgIpc) is 2.87. The van der Waals surface area contributed by atoms with Gasteiger partial charge in [0.2, 0.25) is 11.1 Å². The van der Waals surface area contributed by atoms with E-state index in [1.165, 1.54) is 11.8 Å². The normalized spacial score (nSPS) is 12.1. The Kier molecular flexibility index (Phi) is 4.06. The van der Waals surface area contributed by atoms with Gasteiger partial charge in [-0.15, -0.1) is 5.10 Å². The van der Waals surface area contributed by atoms with Crippen LogP contribution in [0.3, 0.4) is 0 Å². The maximum Gasteiger partial charge on any atom is 0.230 e. The summed E-state index contributed by atoms with van der Waals surface area (Å²) in [5.41, 5.74) is 6.09. The van der Waals surface area contributed by atoms with E-state index in [-0.39, 0.29) is 11.2 Å². The predicted octanol–water partition coefficient (Wildman–Crippen LogP) is 1.45. The SMILES string of the molecule is COc1ccc(-c2nc(SC(C)C(N)=O)n[nH]2)cc1. The first-order valence-electron chi connectivity index (χ1n) is 5.63. The summed E-state index contributed by atoms with van der Waals surface area (Å²) in [6, 6.07) is 7.45. The molecule has 100 valence electrons. The average molecular weight is 278 g/mol. The number of aromatic nitrogens is 3. The molecular formula is C12H14N4O2S. The number of aromatic amines is 1. The van der Waals surface area contributed by atoms with Crippen molar-refractivity contribution in [3.8, 4) is 17.1 Å². The number of nitrogens with zero attached hydrogens (tertiary/aromatic N) is 2. The number of H-pyrrole nitrogens is 1. The molecule has 0 spiro atoms. The monoisotopic (exact) mass is 278 g/mol. The van der Waals surface area contributed by atoms with Crippen LogP contribution < -0.4 is 10.5 Å². The smallest absolute Gasteiger partial charge is 0.230 e. The van der Waals surface area contributed by atoms with Crippen molar-refractivity contribution in [1.82, 2.24) is 15.2 Å². The maximum absolute atomic E-state index is 11.0. The molecule has 1 amide bonds. The molecule has 7 heteroatoms. The summed E-state index contributed by atoms with van der Waals surface area (Å²) in [4.78, 5) is 15.3. The molecule has 1 heterocycles. The number of ether oxygens (including phenoxy) is 1. The lowest BCUT2D eigenvalue weighted by Gasteiger charge is -2.01. The predicted molar refractivity (Wildman–Crippen MR) is 72.9 cm³/mol. The highest BCUT2D eigenvalue weighted by Gasteiger charge is 2.14. The second-order valence-corrected chi connectivity index (χ2v) is 5.17. The number of amides is 1. The number of nitrogens with one attached hydrogen (secondary N) is 1. The molecule has 0 saturated carbocycles. The van der Waals surface area contributed by atoms with Crippen LogP contribution in [0.1, 0.15) is 6.92 Å². The van der Waals surface area contributed by atoms with E-state index in [1.807, 2.05) is 24.3 Å². The lowest BCUT2D eigenvalue weighted by Crippen LogP contribution is -2.22. The van der Waals surface area contributed by atoms with E-state index in [0.717, 1.165) is 11.3 Å². The fourth-order valence-corrected chi connectivity index (χ4v) is 2.07. The number of rotatable bonds is 5. The van der Waals surface area contributed by atoms with Gasteiger partial charge in [0.15, 0.2) is 5.82 Å². The third kappa shape index (κ3) is 3.25. The highest BCUT2D eigenvalue weighted by atomic mass is 32.2. The summed E-state index contributed by atoms with van der Waals surface area (Å²) in [5, 5.41) is 7.01. The fraction of sp³-hybridized carbons (Fsp3) is 0.250. The first kappa shape index (κ1) is 13.4. The van der Waals surface area contributed by atoms with Gasteiger partial charge in [-0.25, -0.2) is 4.98 Å². The van der Waals surface area contributed by atoms with Crippen molar-refractivity contribution in [1.29, 1.82) is 0 Å². The van der Waals surface area contributed by atoms with Crippen molar-refractivity contribution >= 4 is 17.7 Å². The third-order valence-corrected chi connectivity index (χ3v) is 3.49. The van der Waals surface area contributed by atoms with Crippen LogP contribution in [-0.2, 0) is 4.79 Å². The summed E-state index contributed by atoms with van der Waals surface area (Å²) >= 11 is 1.22. The number of nitrogens with two attached hydrogens (primary N) is 1. The molecule has 19 heavy (non-hydrogen) atoms. The number of hydrogen-bond acceptors (Lipinski definition) is 5. The van der Waals surface area contributed by atoms with Crippen molar-refractivity contribution in [3.63, 3.8) is 0 Å². The Balaban J connectivity index is 2.13. The van der Waals surface area contributed by atoms with Gasteiger partial charge in [0.25, 0.3) is 0 Å². The molecule has 1 unspecified atom stereocenters. The first-order chi connectivity index (χ1) is 9.10. The molecule has 1 aromatic carbocycles. The molecule has 0 saturated heterocycles. The van der Waals surface area contributed by atoms with E-state index in [1.54, 1.807) is 14.0 Å². The van der Waals surface area contributed by atoms with Crippen molar-refractivity contribution in [2.75, 3.05) is 7.11 Å². The van der Waals surface area contributed by atoms with Gasteiger partial charge in [0, 0.05) is 5.56 Å². The second-order valence-electron chi connectivity index (χ2n) is 3.86. The van der Waals surface area contributed by atoms with E-state index in [4.69, 9.17) is 10.5 Å². The molecule has 0 aliphatic carbocycles. The molecule has 0 bridgehead atoms. The Hall–Kier alpha value is -2.02. The van der Waals surface area contributed by atoms with Gasteiger partial charge in [0.1, 0.15) is 5.75 Å². The largest absolute Gasteiger partial charge is 0.497 e. The minimum absolute atomic E-state index is 0.362. The molecule has 1 aromatic heterocycles. The van der Waals surface area contributed by atoms with Gasteiger partial charge in [-0.1, -0.05) is 11.8 Å². The van der Waals surface area contributed by atoms with Crippen molar-refractivity contribution in [3.05, 3.63) is 24.3 Å². The summed E-state index contributed by atoms with van der Waals surface area (Å²) in [6.45, 7) is 1.72. The van der Waals surface area contributed by atoms with E-state index < -0.39 is 0 Å². The van der Waals surface area contributed by atoms with Crippen molar-refractivity contribution in [2.45, 2.75) is 17.3 Å². The number of thioether (sulfide) groups is 1. The Morgan fingerprint density at radius 1 is 1.42 bits per heavy atom. The summed E-state index contributed by atoms with van der Waals surface area (Å²) < 4.78 is 5.09. The van der Waals surface area contributed by atoms with Gasteiger partial charge in [0.05, 0.1) is 12.4 Å². The number of hydrogen-bond donors (Lipinski definition) is 2. The van der Waals surface area contributed by atoms with E-state index in [0.29, 0.717) is 11.0 Å². The van der Waals surface area contributed by atoms with Gasteiger partial charge >= 0.3 is 0 Å². The quantitative estimate of drug-likeness (QED) is 0.807. The molecule has 3 N–H and O–H groups in total. The molecule has 0 aliphatic heterocycles. The number of carbonyl (C=O) groups excluding carboxylic acids is 1. The van der Waals surface area contributed by atoms with Crippen LogP contribution in [0.15, 0.2) is 29.4 Å². The van der Waals surface area contributed by atoms with Gasteiger partial charge < -0.3 is 10.5 Å². The lowest BCUT2D eigenvalue weighted by molar-refractivity contribution is -0.117. The van der Waals surface area contributed by atoms with E-state index >= 15 is 0 Å². The molecule has 0 aliphatic rings. The van der Waals surface area contributed by atoms with E-state index in [9.17, 15) is 4.79 Å². The molecule has 0 fully saturated rings. The van der Waals surface area contributed by atoms with Gasteiger partial charge in [-0.3, -0.25) is 9.89 Å². The highest BCUT2D eigenvalue weighted by Crippen LogP contribution is 2.23. The Labute approximate surface area is 114 Å². The maximum atomic E-state index is 11.0. The summed E-state index contributed by atoms with van der Waals surface area (Å²) in [6.07, 6.45) is 0. The topological polar surface area (TPSA) is 93.9 Å². The van der Waals surface area contributed by atoms with Crippen LogP contribution in [0.25, 0.3) is 11.4 Å². The number of benzene rings is 1. The van der Waals surface area contributed by atoms with Crippen LogP contribution in [0.5, 0.6) is 5.75 Å². The molecule has 2 rings (SSSR count). The van der Waals surface area contributed by atoms with Crippen LogP contribution in [-0.4, -0.2) is 33.4 Å². The second kappa shape index (κ2) is 5.75. The summed E-state index contributed by atoms with van der Waals surface area (Å²) in [5.74, 6) is 1.03. The molecule has 0 radical (unpaired) electrons. The van der Waals surface area contributed by atoms with Crippen LogP contribution in [0.2, 0.25) is 0 Å². The van der Waals surface area contributed by atoms with Crippen LogP contribution in [0, 0.1) is 0 Å². The highest BCUT2D eigenvalue weighted by molar-refractivity contribution is 8.00. The number of primary amides is 1. The zero-order chi connectivity index (χ0) is 13.8. The molecule has 6 nitrogen and oxygen atoms in total. The minimum atomic E-state index is -0.388. The fourth-order valence-electron chi connectivity index (χ4n) is 1.39.